The molecule has 0 saturated heterocycles. The zero-order valence-corrected chi connectivity index (χ0v) is 9.30. The van der Waals surface area contributed by atoms with Gasteiger partial charge in [-0.1, -0.05) is 6.07 Å². The molecule has 0 bridgehead atoms. The van der Waals surface area contributed by atoms with Crippen LogP contribution in [0.5, 0.6) is 5.75 Å². The van der Waals surface area contributed by atoms with Crippen LogP contribution in [0, 0.1) is 0 Å². The maximum absolute atomic E-state index is 11.7. The number of carbonyl (C=O) groups is 1. The van der Waals surface area contributed by atoms with E-state index in [0.29, 0.717) is 17.9 Å². The van der Waals surface area contributed by atoms with Crippen LogP contribution in [0.25, 0.3) is 0 Å². The van der Waals surface area contributed by atoms with Crippen molar-refractivity contribution in [2.45, 2.75) is 13.0 Å². The number of benzene rings is 1. The smallest absolute Gasteiger partial charge is 0.255 e. The first-order valence-electron chi connectivity index (χ1n) is 4.40. The quantitative estimate of drug-likeness (QED) is 0.770. The van der Waals surface area contributed by atoms with E-state index in [0.717, 1.165) is 4.47 Å². The van der Waals surface area contributed by atoms with Gasteiger partial charge in [0.2, 0.25) is 0 Å². The van der Waals surface area contributed by atoms with Crippen LogP contribution in [0.3, 0.4) is 0 Å². The zero-order chi connectivity index (χ0) is 10.1. The molecule has 74 valence electrons. The van der Waals surface area contributed by atoms with Crippen LogP contribution in [0.4, 0.5) is 0 Å². The maximum atomic E-state index is 11.7. The van der Waals surface area contributed by atoms with Crippen molar-refractivity contribution in [3.63, 3.8) is 0 Å². The highest BCUT2D eigenvalue weighted by atomic mass is 79.9. The van der Waals surface area contributed by atoms with Gasteiger partial charge in [0.05, 0.1) is 16.1 Å². The Labute approximate surface area is 90.6 Å². The summed E-state index contributed by atoms with van der Waals surface area (Å²) >= 11 is 3.36. The summed E-state index contributed by atoms with van der Waals surface area (Å²) in [5.74, 6) is 0.556. The Kier molecular flexibility index (Phi) is 2.46. The van der Waals surface area contributed by atoms with E-state index in [9.17, 15) is 4.79 Å². The Morgan fingerprint density at radius 1 is 1.57 bits per heavy atom. The van der Waals surface area contributed by atoms with Crippen molar-refractivity contribution in [1.29, 1.82) is 0 Å². The average molecular weight is 256 g/mol. The molecule has 0 radical (unpaired) electrons. The first-order chi connectivity index (χ1) is 6.68. The minimum absolute atomic E-state index is 0.0433. The molecule has 1 aliphatic heterocycles. The van der Waals surface area contributed by atoms with E-state index in [1.165, 1.54) is 0 Å². The number of halogens is 1. The maximum Gasteiger partial charge on any atom is 0.255 e. The molecule has 0 saturated carbocycles. The molecule has 14 heavy (non-hydrogen) atoms. The van der Waals surface area contributed by atoms with Gasteiger partial charge in [-0.05, 0) is 35.0 Å². The number of para-hydroxylation sites is 1. The number of amides is 1. The molecule has 1 atom stereocenters. The summed E-state index contributed by atoms with van der Waals surface area (Å²) in [6, 6.07) is 5.49. The van der Waals surface area contributed by atoms with Gasteiger partial charge in [-0.15, -0.1) is 0 Å². The van der Waals surface area contributed by atoms with Crippen LogP contribution in [0.15, 0.2) is 22.7 Å². The predicted molar refractivity (Wildman–Crippen MR) is 56.6 cm³/mol. The zero-order valence-electron chi connectivity index (χ0n) is 7.71. The summed E-state index contributed by atoms with van der Waals surface area (Å²) in [6.45, 7) is 2.42. The lowest BCUT2D eigenvalue weighted by atomic mass is 10.2. The standard InChI is InChI=1S/C10H10BrNO2/c1-6-5-14-9-7(10(13)12-6)3-2-4-8(9)11/h2-4,6H,5H2,1H3,(H,12,13). The van der Waals surface area contributed by atoms with Crippen LogP contribution in [0.2, 0.25) is 0 Å². The molecule has 4 heteroatoms. The van der Waals surface area contributed by atoms with Crippen molar-refractivity contribution in [3.8, 4) is 5.75 Å². The SMILES string of the molecule is CC1COc2c(Br)cccc2C(=O)N1. The van der Waals surface area contributed by atoms with E-state index in [-0.39, 0.29) is 11.9 Å². The van der Waals surface area contributed by atoms with Gasteiger partial charge in [0.15, 0.2) is 0 Å². The monoisotopic (exact) mass is 255 g/mol. The third-order valence-electron chi connectivity index (χ3n) is 2.07. The Hall–Kier alpha value is -1.03. The van der Waals surface area contributed by atoms with Gasteiger partial charge in [-0.25, -0.2) is 0 Å². The van der Waals surface area contributed by atoms with Crippen molar-refractivity contribution < 1.29 is 9.53 Å². The summed E-state index contributed by atoms with van der Waals surface area (Å²) in [5.41, 5.74) is 0.587. The fourth-order valence-electron chi connectivity index (χ4n) is 1.39. The van der Waals surface area contributed by atoms with Gasteiger partial charge in [0.1, 0.15) is 12.4 Å². The van der Waals surface area contributed by atoms with E-state index < -0.39 is 0 Å². The second kappa shape index (κ2) is 3.61. The molecular weight excluding hydrogens is 246 g/mol. The summed E-state index contributed by atoms with van der Waals surface area (Å²) in [5, 5.41) is 2.84. The topological polar surface area (TPSA) is 38.3 Å². The molecule has 1 N–H and O–H groups in total. The molecule has 1 heterocycles. The van der Waals surface area contributed by atoms with Crippen molar-refractivity contribution in [2.75, 3.05) is 6.61 Å². The second-order valence-electron chi connectivity index (χ2n) is 3.30. The average Bonchev–Trinajstić information content (AvgIpc) is 2.28. The van der Waals surface area contributed by atoms with Gasteiger partial charge in [0.25, 0.3) is 5.91 Å². The summed E-state index contributed by atoms with van der Waals surface area (Å²) in [7, 11) is 0. The number of hydrogen-bond donors (Lipinski definition) is 1. The Bertz CT molecular complexity index is 378. The van der Waals surface area contributed by atoms with Gasteiger partial charge in [0, 0.05) is 0 Å². The molecule has 1 aromatic rings. The van der Waals surface area contributed by atoms with Crippen LogP contribution in [0.1, 0.15) is 17.3 Å². The number of ether oxygens (including phenoxy) is 1. The minimum Gasteiger partial charge on any atom is -0.489 e. The lowest BCUT2D eigenvalue weighted by Crippen LogP contribution is -2.33. The molecule has 0 aromatic heterocycles. The summed E-state index contributed by atoms with van der Waals surface area (Å²) < 4.78 is 6.35. The molecular formula is C10H10BrNO2. The van der Waals surface area contributed by atoms with Crippen molar-refractivity contribution in [2.24, 2.45) is 0 Å². The highest BCUT2D eigenvalue weighted by molar-refractivity contribution is 9.10. The van der Waals surface area contributed by atoms with Crippen molar-refractivity contribution in [1.82, 2.24) is 5.32 Å². The molecule has 0 spiro atoms. The van der Waals surface area contributed by atoms with Crippen LogP contribution in [-0.2, 0) is 0 Å². The largest absolute Gasteiger partial charge is 0.489 e. The van der Waals surface area contributed by atoms with E-state index in [2.05, 4.69) is 21.2 Å². The lowest BCUT2D eigenvalue weighted by Gasteiger charge is -2.08. The first-order valence-corrected chi connectivity index (χ1v) is 5.20. The normalized spacial score (nSPS) is 20.4. The third-order valence-corrected chi connectivity index (χ3v) is 2.69. The molecule has 1 aromatic carbocycles. The Morgan fingerprint density at radius 2 is 2.36 bits per heavy atom. The summed E-state index contributed by atoms with van der Waals surface area (Å²) in [4.78, 5) is 11.7. The van der Waals surface area contributed by atoms with Crippen LogP contribution >= 0.6 is 15.9 Å². The third kappa shape index (κ3) is 1.62. The fourth-order valence-corrected chi connectivity index (χ4v) is 1.87. The number of hydrogen-bond acceptors (Lipinski definition) is 2. The van der Waals surface area contributed by atoms with E-state index in [4.69, 9.17) is 4.74 Å². The van der Waals surface area contributed by atoms with Crippen LogP contribution < -0.4 is 10.1 Å². The molecule has 1 amide bonds. The minimum atomic E-state index is -0.0775. The Balaban J connectivity index is 2.48. The highest BCUT2D eigenvalue weighted by Crippen LogP contribution is 2.30. The number of fused-ring (bicyclic) bond motifs is 1. The Morgan fingerprint density at radius 3 is 3.14 bits per heavy atom. The van der Waals surface area contributed by atoms with Crippen LogP contribution in [-0.4, -0.2) is 18.6 Å². The molecule has 0 fully saturated rings. The number of carbonyl (C=O) groups excluding carboxylic acids is 1. The molecule has 3 nitrogen and oxygen atoms in total. The van der Waals surface area contributed by atoms with Gasteiger partial charge < -0.3 is 10.1 Å². The van der Waals surface area contributed by atoms with E-state index in [1.54, 1.807) is 6.07 Å². The van der Waals surface area contributed by atoms with Gasteiger partial charge >= 0.3 is 0 Å². The predicted octanol–water partition coefficient (Wildman–Crippen LogP) is 1.96. The fraction of sp³-hybridized carbons (Fsp3) is 0.300. The molecule has 1 aliphatic rings. The van der Waals surface area contributed by atoms with E-state index in [1.807, 2.05) is 19.1 Å². The van der Waals surface area contributed by atoms with Crippen molar-refractivity contribution >= 4 is 21.8 Å². The summed E-state index contributed by atoms with van der Waals surface area (Å²) in [6.07, 6.45) is 0. The molecule has 1 unspecified atom stereocenters. The molecule has 0 aliphatic carbocycles. The van der Waals surface area contributed by atoms with Gasteiger partial charge in [-0.3, -0.25) is 4.79 Å². The number of rotatable bonds is 0. The molecule has 2 rings (SSSR count). The number of nitrogens with one attached hydrogen (secondary N) is 1. The van der Waals surface area contributed by atoms with Crippen molar-refractivity contribution in [3.05, 3.63) is 28.2 Å². The first kappa shape index (κ1) is 9.52. The van der Waals surface area contributed by atoms with E-state index >= 15 is 0 Å². The lowest BCUT2D eigenvalue weighted by molar-refractivity contribution is 0.0942. The van der Waals surface area contributed by atoms with Gasteiger partial charge in [-0.2, -0.15) is 0 Å². The highest BCUT2D eigenvalue weighted by Gasteiger charge is 2.21. The second-order valence-corrected chi connectivity index (χ2v) is 4.16.